The Morgan fingerprint density at radius 3 is 2.46 bits per heavy atom. The Kier molecular flexibility index (Phi) is 8.42. The predicted molar refractivity (Wildman–Crippen MR) is 143 cm³/mol. The largest absolute Gasteiger partial charge is 0.492 e. The van der Waals surface area contributed by atoms with Crippen LogP contribution in [0.1, 0.15) is 37.8 Å². The lowest BCUT2D eigenvalue weighted by Gasteiger charge is -2.36. The van der Waals surface area contributed by atoms with Crippen LogP contribution in [-0.2, 0) is 5.41 Å². The highest BCUT2D eigenvalue weighted by molar-refractivity contribution is 7.17. The van der Waals surface area contributed by atoms with Crippen molar-refractivity contribution in [1.82, 2.24) is 9.80 Å². The number of nitriles is 2. The number of thiophene rings is 1. The van der Waals surface area contributed by atoms with Crippen molar-refractivity contribution in [3.8, 4) is 17.9 Å². The molecule has 0 bridgehead atoms. The molecule has 0 saturated carbocycles. The summed E-state index contributed by atoms with van der Waals surface area (Å²) in [6.45, 7) is 11.1. The molecule has 3 aromatic rings. The third-order valence-corrected chi connectivity index (χ3v) is 8.26. The number of ether oxygens (including phenoxy) is 1. The molecule has 1 aliphatic heterocycles. The third kappa shape index (κ3) is 5.85. The zero-order chi connectivity index (χ0) is 24.7. The quantitative estimate of drug-likeness (QED) is 0.370. The van der Waals surface area contributed by atoms with E-state index in [9.17, 15) is 5.26 Å². The van der Waals surface area contributed by atoms with Crippen LogP contribution in [0.5, 0.6) is 5.75 Å². The van der Waals surface area contributed by atoms with E-state index in [2.05, 4.69) is 65.4 Å². The first-order valence-electron chi connectivity index (χ1n) is 12.5. The van der Waals surface area contributed by atoms with Crippen molar-refractivity contribution in [2.45, 2.75) is 32.1 Å². The minimum Gasteiger partial charge on any atom is -0.492 e. The Bertz CT molecular complexity index is 1200. The first-order chi connectivity index (χ1) is 17.1. The minimum absolute atomic E-state index is 0.260. The van der Waals surface area contributed by atoms with E-state index in [4.69, 9.17) is 10.00 Å². The molecule has 5 nitrogen and oxygen atoms in total. The lowest BCUT2D eigenvalue weighted by Crippen LogP contribution is -2.47. The zero-order valence-electron chi connectivity index (χ0n) is 20.7. The van der Waals surface area contributed by atoms with Crippen LogP contribution in [0.25, 0.3) is 10.1 Å². The van der Waals surface area contributed by atoms with Crippen LogP contribution in [-0.4, -0.2) is 55.7 Å². The van der Waals surface area contributed by atoms with Crippen LogP contribution in [0.4, 0.5) is 0 Å². The highest BCUT2D eigenvalue weighted by Crippen LogP contribution is 2.42. The van der Waals surface area contributed by atoms with Crippen molar-refractivity contribution < 1.29 is 4.74 Å². The Morgan fingerprint density at radius 2 is 1.74 bits per heavy atom. The molecule has 2 aromatic carbocycles. The maximum atomic E-state index is 10.4. The second-order valence-electron chi connectivity index (χ2n) is 9.66. The van der Waals surface area contributed by atoms with Crippen molar-refractivity contribution in [3.05, 3.63) is 65.0 Å². The number of hydrogen-bond acceptors (Lipinski definition) is 6. The second kappa shape index (κ2) is 11.7. The van der Waals surface area contributed by atoms with Crippen molar-refractivity contribution in [2.24, 2.45) is 5.92 Å². The average Bonchev–Trinajstić information content (AvgIpc) is 3.32. The molecule has 35 heavy (non-hydrogen) atoms. The van der Waals surface area contributed by atoms with Crippen LogP contribution in [0, 0.1) is 28.6 Å². The highest BCUT2D eigenvalue weighted by atomic mass is 32.1. The molecule has 0 amide bonds. The van der Waals surface area contributed by atoms with E-state index in [1.165, 1.54) is 15.6 Å². The summed E-state index contributed by atoms with van der Waals surface area (Å²) >= 11 is 1.75. The summed E-state index contributed by atoms with van der Waals surface area (Å²) in [4.78, 5) is 4.97. The second-order valence-corrected chi connectivity index (χ2v) is 10.6. The van der Waals surface area contributed by atoms with E-state index in [-0.39, 0.29) is 5.92 Å². The monoisotopic (exact) mass is 486 g/mol. The molecule has 1 aromatic heterocycles. The molecular weight excluding hydrogens is 452 g/mol. The topological polar surface area (TPSA) is 63.3 Å². The lowest BCUT2D eigenvalue weighted by atomic mass is 9.70. The van der Waals surface area contributed by atoms with Gasteiger partial charge in [-0.05, 0) is 65.9 Å². The number of piperazine rings is 1. The molecule has 0 spiro atoms. The van der Waals surface area contributed by atoms with E-state index in [0.29, 0.717) is 12.2 Å². The van der Waals surface area contributed by atoms with Crippen LogP contribution in [0.15, 0.2) is 53.9 Å². The van der Waals surface area contributed by atoms with Gasteiger partial charge >= 0.3 is 0 Å². The third-order valence-electron chi connectivity index (χ3n) is 7.30. The molecule has 0 radical (unpaired) electrons. The van der Waals surface area contributed by atoms with E-state index >= 15 is 0 Å². The molecule has 1 aliphatic rings. The fraction of sp³-hybridized carbons (Fsp3) is 0.448. The number of fused-ring (bicyclic) bond motifs is 1. The molecule has 182 valence electrons. The van der Waals surface area contributed by atoms with Crippen molar-refractivity contribution >= 4 is 21.4 Å². The summed E-state index contributed by atoms with van der Waals surface area (Å²) in [6.07, 6.45) is 1.91. The number of nitrogens with zero attached hydrogens (tertiary/aromatic N) is 4. The first-order valence-corrected chi connectivity index (χ1v) is 13.4. The van der Waals surface area contributed by atoms with Gasteiger partial charge < -0.3 is 9.64 Å². The van der Waals surface area contributed by atoms with Crippen LogP contribution in [0.2, 0.25) is 0 Å². The summed E-state index contributed by atoms with van der Waals surface area (Å²) in [5, 5.41) is 22.8. The molecule has 1 fully saturated rings. The van der Waals surface area contributed by atoms with Gasteiger partial charge in [-0.3, -0.25) is 4.90 Å². The van der Waals surface area contributed by atoms with Gasteiger partial charge in [0.15, 0.2) is 0 Å². The molecule has 1 atom stereocenters. The Labute approximate surface area is 213 Å². The fourth-order valence-electron chi connectivity index (χ4n) is 5.07. The zero-order valence-corrected chi connectivity index (χ0v) is 21.6. The summed E-state index contributed by atoms with van der Waals surface area (Å²) in [5.74, 6) is 1.02. The molecule has 1 saturated heterocycles. The van der Waals surface area contributed by atoms with Crippen molar-refractivity contribution in [2.75, 3.05) is 45.9 Å². The van der Waals surface area contributed by atoms with Gasteiger partial charge in [-0.25, -0.2) is 0 Å². The summed E-state index contributed by atoms with van der Waals surface area (Å²) < 4.78 is 7.11. The van der Waals surface area contributed by atoms with Gasteiger partial charge in [0.2, 0.25) is 0 Å². The van der Waals surface area contributed by atoms with E-state index in [0.717, 1.165) is 57.9 Å². The van der Waals surface area contributed by atoms with Crippen molar-refractivity contribution in [3.63, 3.8) is 0 Å². The van der Waals surface area contributed by atoms with Crippen LogP contribution >= 0.6 is 11.3 Å². The fourth-order valence-corrected chi connectivity index (χ4v) is 6.11. The van der Waals surface area contributed by atoms with Crippen LogP contribution in [0.3, 0.4) is 0 Å². The first kappa shape index (κ1) is 25.2. The van der Waals surface area contributed by atoms with Gasteiger partial charge in [0.25, 0.3) is 0 Å². The van der Waals surface area contributed by atoms with Gasteiger partial charge in [0.05, 0.1) is 23.1 Å². The van der Waals surface area contributed by atoms with Gasteiger partial charge in [0, 0.05) is 37.4 Å². The van der Waals surface area contributed by atoms with Crippen LogP contribution < -0.4 is 4.74 Å². The molecule has 0 N–H and O–H groups in total. The normalized spacial score (nSPS) is 16.6. The Hall–Kier alpha value is -2.90. The van der Waals surface area contributed by atoms with Gasteiger partial charge in [0.1, 0.15) is 12.4 Å². The highest BCUT2D eigenvalue weighted by Gasteiger charge is 2.37. The summed E-state index contributed by atoms with van der Waals surface area (Å²) in [7, 11) is 0. The molecule has 4 rings (SSSR count). The lowest BCUT2D eigenvalue weighted by molar-refractivity contribution is 0.114. The summed E-state index contributed by atoms with van der Waals surface area (Å²) in [6, 6.07) is 20.7. The standard InChI is InChI=1S/C29H34N4OS/c1-23(2)29(22-31,27-21-35-28-10-4-3-9-26(27)28)11-6-12-32-13-15-33(16-14-32)17-18-34-25-8-5-7-24(19-25)20-30/h3-5,7-10,19,21,23H,6,11-18H2,1-2H3. The SMILES string of the molecule is CC(C)C(C#N)(CCCN1CCN(CCOc2cccc(C#N)c2)CC1)c1csc2ccccc12. The maximum Gasteiger partial charge on any atom is 0.120 e. The van der Waals surface area contributed by atoms with Gasteiger partial charge in [-0.2, -0.15) is 10.5 Å². The maximum absolute atomic E-state index is 10.4. The number of hydrogen-bond donors (Lipinski definition) is 0. The molecule has 0 aliphatic carbocycles. The Balaban J connectivity index is 1.25. The molecule has 6 heteroatoms. The van der Waals surface area contributed by atoms with E-state index in [1.54, 1.807) is 23.5 Å². The van der Waals surface area contributed by atoms with Gasteiger partial charge in [-0.15, -0.1) is 11.3 Å². The van der Waals surface area contributed by atoms with E-state index in [1.807, 2.05) is 12.1 Å². The predicted octanol–water partition coefficient (Wildman–Crippen LogP) is 5.67. The number of benzene rings is 2. The van der Waals surface area contributed by atoms with Gasteiger partial charge in [-0.1, -0.05) is 38.1 Å². The Morgan fingerprint density at radius 1 is 1.00 bits per heavy atom. The minimum atomic E-state index is -0.443. The van der Waals surface area contributed by atoms with E-state index < -0.39 is 5.41 Å². The average molecular weight is 487 g/mol. The number of rotatable bonds is 10. The van der Waals surface area contributed by atoms with Crippen molar-refractivity contribution in [1.29, 1.82) is 10.5 Å². The summed E-state index contributed by atoms with van der Waals surface area (Å²) in [5.41, 5.74) is 1.39. The molecular formula is C29H34N4OS. The molecule has 1 unspecified atom stereocenters. The molecule has 2 heterocycles. The smallest absolute Gasteiger partial charge is 0.120 e.